The third-order valence-corrected chi connectivity index (χ3v) is 4.21. The summed E-state index contributed by atoms with van der Waals surface area (Å²) in [6.45, 7) is 3.61. The van der Waals surface area contributed by atoms with Crippen LogP contribution >= 0.6 is 0 Å². The topological polar surface area (TPSA) is 84.4 Å². The van der Waals surface area contributed by atoms with Crippen LogP contribution in [0.25, 0.3) is 0 Å². The molecule has 26 heavy (non-hydrogen) atoms. The lowest BCUT2D eigenvalue weighted by atomic mass is 10.1. The van der Waals surface area contributed by atoms with E-state index in [1.807, 2.05) is 11.0 Å². The van der Waals surface area contributed by atoms with Crippen LogP contribution in [0.5, 0.6) is 0 Å². The number of esters is 1. The Bertz CT molecular complexity index is 771. The van der Waals surface area contributed by atoms with E-state index in [0.717, 1.165) is 32.4 Å². The molecule has 1 N–H and O–H groups in total. The van der Waals surface area contributed by atoms with Crippen molar-refractivity contribution in [2.75, 3.05) is 25.0 Å². The van der Waals surface area contributed by atoms with Gasteiger partial charge >= 0.3 is 5.97 Å². The number of anilines is 2. The largest absolute Gasteiger partial charge is 0.462 e. The van der Waals surface area contributed by atoms with Gasteiger partial charge in [-0.25, -0.2) is 4.79 Å². The molecule has 0 saturated carbocycles. The van der Waals surface area contributed by atoms with E-state index in [-0.39, 0.29) is 5.91 Å². The van der Waals surface area contributed by atoms with Crippen LogP contribution in [-0.2, 0) is 4.74 Å². The quantitative estimate of drug-likeness (QED) is 0.831. The Morgan fingerprint density at radius 1 is 1.08 bits per heavy atom. The van der Waals surface area contributed by atoms with Gasteiger partial charge in [-0.1, -0.05) is 12.1 Å². The Hall–Kier alpha value is -2.96. The third kappa shape index (κ3) is 4.17. The fourth-order valence-corrected chi connectivity index (χ4v) is 2.89. The molecule has 1 aliphatic rings. The lowest BCUT2D eigenvalue weighted by Crippen LogP contribution is -2.36. The summed E-state index contributed by atoms with van der Waals surface area (Å²) in [6.07, 6.45) is 3.23. The Balaban J connectivity index is 1.72. The van der Waals surface area contributed by atoms with E-state index >= 15 is 0 Å². The molecule has 1 amide bonds. The van der Waals surface area contributed by atoms with Gasteiger partial charge in [-0.15, -0.1) is 10.2 Å². The van der Waals surface area contributed by atoms with Crippen molar-refractivity contribution in [2.45, 2.75) is 26.2 Å². The lowest BCUT2D eigenvalue weighted by molar-refractivity contribution is 0.0527. The van der Waals surface area contributed by atoms with Gasteiger partial charge in [-0.2, -0.15) is 0 Å². The lowest BCUT2D eigenvalue weighted by Gasteiger charge is -2.26. The van der Waals surface area contributed by atoms with E-state index in [9.17, 15) is 9.59 Å². The molecule has 0 bridgehead atoms. The molecular formula is C19H22N4O3. The molecule has 1 aromatic heterocycles. The third-order valence-electron chi connectivity index (χ3n) is 4.21. The second kappa shape index (κ2) is 8.42. The summed E-state index contributed by atoms with van der Waals surface area (Å²) >= 11 is 0. The number of carbonyl (C=O) groups is 2. The van der Waals surface area contributed by atoms with Crippen LogP contribution < -0.4 is 5.32 Å². The maximum Gasteiger partial charge on any atom is 0.340 e. The molecule has 2 aromatic rings. The number of piperidine rings is 1. The summed E-state index contributed by atoms with van der Waals surface area (Å²) in [5.74, 6) is -0.0342. The van der Waals surface area contributed by atoms with Crippen molar-refractivity contribution >= 4 is 23.4 Å². The highest BCUT2D eigenvalue weighted by atomic mass is 16.5. The predicted molar refractivity (Wildman–Crippen MR) is 97.5 cm³/mol. The molecule has 2 heterocycles. The number of para-hydroxylation sites is 1. The predicted octanol–water partition coefficient (Wildman–Crippen LogP) is 3.02. The molecule has 1 fully saturated rings. The van der Waals surface area contributed by atoms with Crippen LogP contribution in [0, 0.1) is 0 Å². The Labute approximate surface area is 152 Å². The first-order chi connectivity index (χ1) is 12.7. The van der Waals surface area contributed by atoms with Gasteiger partial charge in [0.1, 0.15) is 0 Å². The number of rotatable bonds is 5. The molecule has 0 atom stereocenters. The zero-order valence-electron chi connectivity index (χ0n) is 14.8. The standard InChI is InChI=1S/C19H22N4O3/c1-2-26-19(25)14-8-4-5-9-15(14)20-17-11-10-16(21-22-17)18(24)23-12-6-3-7-13-23/h4-5,8-11H,2-3,6-7,12-13H2,1H3,(H,20,22). The van der Waals surface area contributed by atoms with Gasteiger partial charge in [0, 0.05) is 13.1 Å². The smallest absolute Gasteiger partial charge is 0.340 e. The number of hydrogen-bond acceptors (Lipinski definition) is 6. The van der Waals surface area contributed by atoms with Crippen LogP contribution in [0.4, 0.5) is 11.5 Å². The zero-order valence-corrected chi connectivity index (χ0v) is 14.8. The van der Waals surface area contributed by atoms with E-state index in [2.05, 4.69) is 15.5 Å². The average molecular weight is 354 g/mol. The summed E-state index contributed by atoms with van der Waals surface area (Å²) in [5, 5.41) is 11.2. The van der Waals surface area contributed by atoms with E-state index in [1.165, 1.54) is 0 Å². The Morgan fingerprint density at radius 3 is 2.54 bits per heavy atom. The minimum Gasteiger partial charge on any atom is -0.462 e. The zero-order chi connectivity index (χ0) is 18.4. The first-order valence-electron chi connectivity index (χ1n) is 8.85. The van der Waals surface area contributed by atoms with Crippen molar-refractivity contribution in [2.24, 2.45) is 0 Å². The fraction of sp³-hybridized carbons (Fsp3) is 0.368. The van der Waals surface area contributed by atoms with Gasteiger partial charge in [0.15, 0.2) is 11.5 Å². The summed E-state index contributed by atoms with van der Waals surface area (Å²) in [4.78, 5) is 26.3. The summed E-state index contributed by atoms with van der Waals surface area (Å²) < 4.78 is 5.06. The van der Waals surface area contributed by atoms with Gasteiger partial charge in [-0.3, -0.25) is 4.79 Å². The van der Waals surface area contributed by atoms with Crippen LogP contribution in [0.2, 0.25) is 0 Å². The molecule has 0 radical (unpaired) electrons. The SMILES string of the molecule is CCOC(=O)c1ccccc1Nc1ccc(C(=O)N2CCCCC2)nn1. The average Bonchev–Trinajstić information content (AvgIpc) is 2.69. The molecule has 3 rings (SSSR count). The van der Waals surface area contributed by atoms with Crippen molar-refractivity contribution in [3.05, 3.63) is 47.7 Å². The van der Waals surface area contributed by atoms with Crippen LogP contribution in [0.3, 0.4) is 0 Å². The fourth-order valence-electron chi connectivity index (χ4n) is 2.89. The van der Waals surface area contributed by atoms with E-state index in [1.54, 1.807) is 37.3 Å². The summed E-state index contributed by atoms with van der Waals surface area (Å²) in [7, 11) is 0. The Morgan fingerprint density at radius 2 is 1.85 bits per heavy atom. The molecule has 0 unspecified atom stereocenters. The molecule has 1 aliphatic heterocycles. The number of nitrogens with one attached hydrogen (secondary N) is 1. The molecule has 0 aliphatic carbocycles. The number of hydrogen-bond donors (Lipinski definition) is 1. The molecule has 136 valence electrons. The molecular weight excluding hydrogens is 332 g/mol. The number of aromatic nitrogens is 2. The first kappa shape index (κ1) is 17.8. The van der Waals surface area contributed by atoms with Gasteiger partial charge in [-0.05, 0) is 50.5 Å². The van der Waals surface area contributed by atoms with Gasteiger partial charge < -0.3 is 15.0 Å². The number of likely N-dealkylation sites (tertiary alicyclic amines) is 1. The van der Waals surface area contributed by atoms with Gasteiger partial charge in [0.2, 0.25) is 0 Å². The minimum atomic E-state index is -0.402. The minimum absolute atomic E-state index is 0.0873. The molecule has 1 aromatic carbocycles. The normalized spacial score (nSPS) is 14.0. The van der Waals surface area contributed by atoms with Crippen molar-refractivity contribution < 1.29 is 14.3 Å². The molecule has 1 saturated heterocycles. The number of amides is 1. The summed E-state index contributed by atoms with van der Waals surface area (Å²) in [5.41, 5.74) is 1.33. The van der Waals surface area contributed by atoms with E-state index in [4.69, 9.17) is 4.74 Å². The highest BCUT2D eigenvalue weighted by molar-refractivity contribution is 5.96. The number of ether oxygens (including phenoxy) is 1. The Kier molecular flexibility index (Phi) is 5.78. The van der Waals surface area contributed by atoms with Crippen molar-refractivity contribution in [1.82, 2.24) is 15.1 Å². The highest BCUT2D eigenvalue weighted by Gasteiger charge is 2.20. The second-order valence-corrected chi connectivity index (χ2v) is 6.05. The van der Waals surface area contributed by atoms with Crippen molar-refractivity contribution in [3.8, 4) is 0 Å². The van der Waals surface area contributed by atoms with Gasteiger partial charge in [0.05, 0.1) is 17.9 Å². The highest BCUT2D eigenvalue weighted by Crippen LogP contribution is 2.20. The van der Waals surface area contributed by atoms with Crippen LogP contribution in [0.1, 0.15) is 47.0 Å². The maximum atomic E-state index is 12.4. The van der Waals surface area contributed by atoms with E-state index < -0.39 is 5.97 Å². The van der Waals surface area contributed by atoms with Crippen LogP contribution in [0.15, 0.2) is 36.4 Å². The number of nitrogens with zero attached hydrogens (tertiary/aromatic N) is 3. The van der Waals surface area contributed by atoms with Gasteiger partial charge in [0.25, 0.3) is 5.91 Å². The molecule has 7 heteroatoms. The molecule has 0 spiro atoms. The number of carbonyl (C=O) groups excluding carboxylic acids is 2. The second-order valence-electron chi connectivity index (χ2n) is 6.05. The van der Waals surface area contributed by atoms with Crippen molar-refractivity contribution in [3.63, 3.8) is 0 Å². The van der Waals surface area contributed by atoms with E-state index in [0.29, 0.717) is 29.4 Å². The monoisotopic (exact) mass is 354 g/mol. The van der Waals surface area contributed by atoms with Crippen LogP contribution in [-0.4, -0.2) is 46.7 Å². The number of benzene rings is 1. The van der Waals surface area contributed by atoms with Crippen molar-refractivity contribution in [1.29, 1.82) is 0 Å². The first-order valence-corrected chi connectivity index (χ1v) is 8.85. The molecule has 7 nitrogen and oxygen atoms in total. The summed E-state index contributed by atoms with van der Waals surface area (Å²) in [6, 6.07) is 10.4. The maximum absolute atomic E-state index is 12.4.